The van der Waals surface area contributed by atoms with E-state index in [0.717, 1.165) is 25.7 Å². The quantitative estimate of drug-likeness (QED) is 0.185. The van der Waals surface area contributed by atoms with Crippen molar-refractivity contribution in [3.63, 3.8) is 0 Å². The third-order valence-corrected chi connectivity index (χ3v) is 5.30. The molecular formula is C19H39O5P. The lowest BCUT2D eigenvalue weighted by Crippen LogP contribution is -2.00. The van der Waals surface area contributed by atoms with E-state index in [-0.39, 0.29) is 12.1 Å². The molecule has 0 heterocycles. The molecule has 2 N–H and O–H groups in total. The first-order valence-corrected chi connectivity index (χ1v) is 11.9. The van der Waals surface area contributed by atoms with Crippen LogP contribution in [0.4, 0.5) is 0 Å². The molecule has 0 rings (SSSR count). The minimum Gasteiger partial charge on any atom is -0.466 e. The number of esters is 1. The van der Waals surface area contributed by atoms with Crippen LogP contribution >= 0.6 is 7.60 Å². The van der Waals surface area contributed by atoms with Crippen LogP contribution in [0.1, 0.15) is 103 Å². The highest BCUT2D eigenvalue weighted by Crippen LogP contribution is 2.35. The Morgan fingerprint density at radius 3 is 1.32 bits per heavy atom. The highest BCUT2D eigenvalue weighted by Gasteiger charge is 2.10. The first kappa shape index (κ1) is 24.6. The number of carbonyl (C=O) groups is 1. The van der Waals surface area contributed by atoms with E-state index in [1.807, 2.05) is 0 Å². The molecular weight excluding hydrogens is 339 g/mol. The summed E-state index contributed by atoms with van der Waals surface area (Å²) >= 11 is 0. The van der Waals surface area contributed by atoms with Crippen molar-refractivity contribution in [1.82, 2.24) is 0 Å². The summed E-state index contributed by atoms with van der Waals surface area (Å²) < 4.78 is 15.6. The molecule has 6 heteroatoms. The molecule has 150 valence electrons. The van der Waals surface area contributed by atoms with Crippen molar-refractivity contribution in [3.05, 3.63) is 0 Å². The van der Waals surface area contributed by atoms with Crippen LogP contribution in [0.3, 0.4) is 0 Å². The Labute approximate surface area is 154 Å². The lowest BCUT2D eigenvalue weighted by molar-refractivity contribution is -0.141. The number of hydrogen-bond acceptors (Lipinski definition) is 3. The monoisotopic (exact) mass is 378 g/mol. The third-order valence-electron chi connectivity index (χ3n) is 4.40. The SMILES string of the molecule is CC(=O)OCCCCCCCCCCCCCCCCCP(=O)(O)O. The molecule has 0 unspecified atom stereocenters. The fourth-order valence-corrected chi connectivity index (χ4v) is 3.57. The predicted octanol–water partition coefficient (Wildman–Crippen LogP) is 5.58. The van der Waals surface area contributed by atoms with Crippen molar-refractivity contribution in [2.45, 2.75) is 103 Å². The van der Waals surface area contributed by atoms with E-state index in [9.17, 15) is 9.36 Å². The summed E-state index contributed by atoms with van der Waals surface area (Å²) in [6.07, 6.45) is 17.7. The second-order valence-corrected chi connectivity index (χ2v) is 8.81. The van der Waals surface area contributed by atoms with Crippen molar-refractivity contribution < 1.29 is 23.9 Å². The first-order valence-electron chi connectivity index (χ1n) is 10.1. The largest absolute Gasteiger partial charge is 0.466 e. The van der Waals surface area contributed by atoms with Crippen molar-refractivity contribution in [3.8, 4) is 0 Å². The fraction of sp³-hybridized carbons (Fsp3) is 0.947. The summed E-state index contributed by atoms with van der Waals surface area (Å²) in [5.74, 6) is -0.181. The van der Waals surface area contributed by atoms with Gasteiger partial charge in [-0.2, -0.15) is 0 Å². The molecule has 0 atom stereocenters. The van der Waals surface area contributed by atoms with E-state index in [1.54, 1.807) is 0 Å². The Bertz CT molecular complexity index is 354. The molecule has 0 fully saturated rings. The highest BCUT2D eigenvalue weighted by atomic mass is 31.2. The van der Waals surface area contributed by atoms with Crippen molar-refractivity contribution in [2.75, 3.05) is 12.8 Å². The van der Waals surface area contributed by atoms with E-state index in [0.29, 0.717) is 13.0 Å². The van der Waals surface area contributed by atoms with Crippen LogP contribution in [0, 0.1) is 0 Å². The maximum Gasteiger partial charge on any atom is 0.325 e. The number of hydrogen-bond donors (Lipinski definition) is 2. The van der Waals surface area contributed by atoms with Crippen molar-refractivity contribution in [2.24, 2.45) is 0 Å². The smallest absolute Gasteiger partial charge is 0.325 e. The van der Waals surface area contributed by atoms with Crippen LogP contribution in [-0.4, -0.2) is 28.5 Å². The molecule has 0 aromatic rings. The lowest BCUT2D eigenvalue weighted by atomic mass is 10.0. The Balaban J connectivity index is 3.05. The van der Waals surface area contributed by atoms with Gasteiger partial charge in [-0.15, -0.1) is 0 Å². The molecule has 0 saturated carbocycles. The number of ether oxygens (including phenoxy) is 1. The van der Waals surface area contributed by atoms with E-state index in [2.05, 4.69) is 0 Å². The van der Waals surface area contributed by atoms with Crippen LogP contribution < -0.4 is 0 Å². The molecule has 0 bridgehead atoms. The maximum atomic E-state index is 10.7. The summed E-state index contributed by atoms with van der Waals surface area (Å²) in [6.45, 7) is 2.02. The molecule has 5 nitrogen and oxygen atoms in total. The van der Waals surface area contributed by atoms with Gasteiger partial charge in [0, 0.05) is 13.1 Å². The zero-order valence-corrected chi connectivity index (χ0v) is 17.0. The van der Waals surface area contributed by atoms with Gasteiger partial charge in [-0.3, -0.25) is 9.36 Å². The Morgan fingerprint density at radius 2 is 1.00 bits per heavy atom. The van der Waals surface area contributed by atoms with E-state index in [4.69, 9.17) is 14.5 Å². The lowest BCUT2D eigenvalue weighted by Gasteiger charge is -2.04. The van der Waals surface area contributed by atoms with Crippen LogP contribution in [0.25, 0.3) is 0 Å². The van der Waals surface area contributed by atoms with E-state index < -0.39 is 7.60 Å². The Morgan fingerprint density at radius 1 is 0.680 bits per heavy atom. The van der Waals surface area contributed by atoms with Gasteiger partial charge in [-0.05, 0) is 12.8 Å². The van der Waals surface area contributed by atoms with Gasteiger partial charge in [0.25, 0.3) is 0 Å². The minimum atomic E-state index is -3.78. The molecule has 0 spiro atoms. The van der Waals surface area contributed by atoms with Gasteiger partial charge in [0.15, 0.2) is 0 Å². The Kier molecular flexibility index (Phi) is 16.8. The van der Waals surface area contributed by atoms with Gasteiger partial charge >= 0.3 is 13.6 Å². The van der Waals surface area contributed by atoms with Crippen LogP contribution in [0.5, 0.6) is 0 Å². The van der Waals surface area contributed by atoms with Crippen LogP contribution in [0.2, 0.25) is 0 Å². The summed E-state index contributed by atoms with van der Waals surface area (Å²) in [6, 6.07) is 0. The van der Waals surface area contributed by atoms with Gasteiger partial charge in [-0.25, -0.2) is 0 Å². The van der Waals surface area contributed by atoms with Crippen molar-refractivity contribution in [1.29, 1.82) is 0 Å². The fourth-order valence-electron chi connectivity index (χ4n) is 2.93. The topological polar surface area (TPSA) is 83.8 Å². The maximum absolute atomic E-state index is 10.7. The molecule has 0 amide bonds. The van der Waals surface area contributed by atoms with Crippen molar-refractivity contribution >= 4 is 13.6 Å². The summed E-state index contributed by atoms with van der Waals surface area (Å²) in [4.78, 5) is 28.1. The first-order chi connectivity index (χ1) is 11.9. The standard InChI is InChI=1S/C19H39O5P/c1-19(20)24-17-15-13-11-9-7-5-3-2-4-6-8-10-12-14-16-18-25(21,22)23/h2-18H2,1H3,(H2,21,22,23). The second kappa shape index (κ2) is 17.1. The average molecular weight is 378 g/mol. The summed E-state index contributed by atoms with van der Waals surface area (Å²) in [5.41, 5.74) is 0. The minimum absolute atomic E-state index is 0.0409. The third kappa shape index (κ3) is 23.6. The molecule has 0 saturated heterocycles. The van der Waals surface area contributed by atoms with E-state index in [1.165, 1.54) is 71.1 Å². The molecule has 0 radical (unpaired) electrons. The second-order valence-electron chi connectivity index (χ2n) is 7.03. The van der Waals surface area contributed by atoms with Crippen LogP contribution in [-0.2, 0) is 14.1 Å². The molecule has 0 aromatic carbocycles. The molecule has 0 aromatic heterocycles. The number of unbranched alkanes of at least 4 members (excludes halogenated alkanes) is 14. The van der Waals surface area contributed by atoms with Gasteiger partial charge < -0.3 is 14.5 Å². The number of rotatable bonds is 18. The molecule has 0 aliphatic heterocycles. The average Bonchev–Trinajstić information content (AvgIpc) is 2.52. The van der Waals surface area contributed by atoms with Crippen LogP contribution in [0.15, 0.2) is 0 Å². The van der Waals surface area contributed by atoms with Gasteiger partial charge in [0.05, 0.1) is 6.61 Å². The summed E-state index contributed by atoms with van der Waals surface area (Å²) in [5, 5.41) is 0. The van der Waals surface area contributed by atoms with Gasteiger partial charge in [-0.1, -0.05) is 83.5 Å². The molecule has 0 aliphatic rings. The zero-order valence-electron chi connectivity index (χ0n) is 16.1. The normalized spacial score (nSPS) is 11.6. The highest BCUT2D eigenvalue weighted by molar-refractivity contribution is 7.51. The summed E-state index contributed by atoms with van der Waals surface area (Å²) in [7, 11) is -3.78. The predicted molar refractivity (Wildman–Crippen MR) is 103 cm³/mol. The molecule has 0 aliphatic carbocycles. The van der Waals surface area contributed by atoms with Gasteiger partial charge in [0.2, 0.25) is 0 Å². The zero-order chi connectivity index (χ0) is 18.8. The van der Waals surface area contributed by atoms with E-state index >= 15 is 0 Å². The number of carbonyl (C=O) groups excluding carboxylic acids is 1. The molecule has 25 heavy (non-hydrogen) atoms. The van der Waals surface area contributed by atoms with Gasteiger partial charge in [0.1, 0.15) is 0 Å². The Hall–Kier alpha value is -0.380.